The summed E-state index contributed by atoms with van der Waals surface area (Å²) in [5.74, 6) is 1.39. The van der Waals surface area contributed by atoms with Gasteiger partial charge in [-0.25, -0.2) is 0 Å². The highest BCUT2D eigenvalue weighted by Crippen LogP contribution is 2.54. The van der Waals surface area contributed by atoms with Crippen molar-refractivity contribution >= 4 is 33.6 Å². The molecule has 1 aliphatic rings. The molecule has 30 heavy (non-hydrogen) atoms. The third-order valence-electron chi connectivity index (χ3n) is 5.18. The maximum absolute atomic E-state index is 12.8. The minimum absolute atomic E-state index is 0.0824. The minimum atomic E-state index is -0.312. The quantitative estimate of drug-likeness (QED) is 0.624. The van der Waals surface area contributed by atoms with Crippen molar-refractivity contribution in [3.05, 3.63) is 44.0 Å². The van der Waals surface area contributed by atoms with E-state index in [-0.39, 0.29) is 17.4 Å². The second-order valence-electron chi connectivity index (χ2n) is 6.84. The van der Waals surface area contributed by atoms with Crippen molar-refractivity contribution in [2.24, 2.45) is 0 Å². The molecular weight excluding hydrogens is 470 g/mol. The molecule has 1 aliphatic carbocycles. The molecule has 0 spiro atoms. The van der Waals surface area contributed by atoms with Crippen LogP contribution in [0, 0.1) is 0 Å². The predicted molar refractivity (Wildman–Crippen MR) is 122 cm³/mol. The van der Waals surface area contributed by atoms with Gasteiger partial charge in [-0.1, -0.05) is 6.07 Å². The van der Waals surface area contributed by atoms with E-state index >= 15 is 0 Å². The Bertz CT molecular complexity index is 1060. The van der Waals surface area contributed by atoms with Gasteiger partial charge in [-0.05, 0) is 63.9 Å². The highest BCUT2D eigenvalue weighted by atomic mass is 79.9. The first-order valence-corrected chi connectivity index (χ1v) is 11.4. The lowest BCUT2D eigenvalue weighted by Crippen LogP contribution is -2.26. The molecule has 1 N–H and O–H groups in total. The van der Waals surface area contributed by atoms with Gasteiger partial charge in [0, 0.05) is 12.5 Å². The van der Waals surface area contributed by atoms with E-state index in [1.165, 1.54) is 18.7 Å². The van der Waals surface area contributed by atoms with Crippen LogP contribution in [0.5, 0.6) is 17.2 Å². The van der Waals surface area contributed by atoms with Crippen molar-refractivity contribution < 1.29 is 19.0 Å². The molecule has 0 aliphatic heterocycles. The van der Waals surface area contributed by atoms with Crippen LogP contribution in [0.3, 0.4) is 0 Å². The number of hydrogen-bond acceptors (Lipinski definition) is 6. The van der Waals surface area contributed by atoms with Crippen LogP contribution in [0.4, 0.5) is 0 Å². The molecule has 0 aromatic heterocycles. The first kappa shape index (κ1) is 22.5. The largest absolute Gasteiger partial charge is 0.492 e. The molecule has 160 valence electrons. The zero-order valence-corrected chi connectivity index (χ0v) is 20.0. The number of ether oxygens (including phenoxy) is 3. The molecule has 8 heteroatoms. The molecule has 1 amide bonds. The van der Waals surface area contributed by atoms with Gasteiger partial charge in [0.1, 0.15) is 0 Å². The number of nitrogens with one attached hydrogen (secondary N) is 1. The van der Waals surface area contributed by atoms with Crippen LogP contribution < -0.4 is 25.0 Å². The summed E-state index contributed by atoms with van der Waals surface area (Å²) in [7, 11) is 4.72. The number of rotatable bonds is 5. The first-order valence-electron chi connectivity index (χ1n) is 9.37. The lowest BCUT2D eigenvalue weighted by atomic mass is 9.95. The summed E-state index contributed by atoms with van der Waals surface area (Å²) in [6.45, 7) is 1.48. The van der Waals surface area contributed by atoms with Crippen LogP contribution in [-0.4, -0.2) is 33.5 Å². The van der Waals surface area contributed by atoms with Gasteiger partial charge in [0.05, 0.1) is 36.7 Å². The maximum atomic E-state index is 12.8. The van der Waals surface area contributed by atoms with Crippen LogP contribution >= 0.6 is 27.7 Å². The summed E-state index contributed by atoms with van der Waals surface area (Å²) < 4.78 is 17.8. The molecule has 1 atom stereocenters. The number of fused-ring (bicyclic) bond motifs is 3. The monoisotopic (exact) mass is 493 g/mol. The second-order valence-corrected chi connectivity index (χ2v) is 8.48. The summed E-state index contributed by atoms with van der Waals surface area (Å²) in [6, 6.07) is 5.05. The Hall–Kier alpha value is -2.19. The SMILES string of the molecule is COc1c(Br)c2c(c(OC)c1OC)-c1ccc(SC)c(=O)cc1[C@@H](NC(C)=O)CC2. The number of amides is 1. The number of methoxy groups -OCH3 is 3. The highest BCUT2D eigenvalue weighted by Gasteiger charge is 2.31. The van der Waals surface area contributed by atoms with E-state index in [1.807, 2.05) is 18.4 Å². The molecule has 2 aromatic rings. The molecule has 6 nitrogen and oxygen atoms in total. The minimum Gasteiger partial charge on any atom is -0.492 e. The van der Waals surface area contributed by atoms with Crippen molar-refractivity contribution in [2.75, 3.05) is 27.6 Å². The molecule has 0 saturated heterocycles. The van der Waals surface area contributed by atoms with Gasteiger partial charge in [-0.3, -0.25) is 9.59 Å². The molecule has 0 radical (unpaired) electrons. The first-order chi connectivity index (χ1) is 14.4. The summed E-state index contributed by atoms with van der Waals surface area (Å²) >= 11 is 5.07. The number of halogens is 1. The van der Waals surface area contributed by atoms with E-state index < -0.39 is 0 Å². The Kier molecular flexibility index (Phi) is 6.98. The predicted octanol–water partition coefficient (Wildman–Crippen LogP) is 4.35. The standard InChI is InChI=1S/C22H24BrNO5S/c1-11(25)24-15-8-6-13-18(12-7-9-17(30-5)16(26)10-14(12)15)20(27-2)22(29-4)21(28-3)19(13)23/h7,9-10,15H,6,8H2,1-5H3,(H,24,25)/t15-/m0/s1. The zero-order valence-electron chi connectivity index (χ0n) is 17.6. The van der Waals surface area contributed by atoms with E-state index in [1.54, 1.807) is 27.4 Å². The van der Waals surface area contributed by atoms with Gasteiger partial charge in [0.2, 0.25) is 11.7 Å². The Morgan fingerprint density at radius 1 is 1.13 bits per heavy atom. The molecule has 0 fully saturated rings. The van der Waals surface area contributed by atoms with E-state index in [9.17, 15) is 9.59 Å². The maximum Gasteiger partial charge on any atom is 0.217 e. The second kappa shape index (κ2) is 9.31. The number of carbonyl (C=O) groups is 1. The third kappa shape index (κ3) is 3.90. The number of thioether (sulfide) groups is 1. The summed E-state index contributed by atoms with van der Waals surface area (Å²) in [5, 5.41) is 3.00. The van der Waals surface area contributed by atoms with Crippen molar-refractivity contribution in [1.29, 1.82) is 0 Å². The topological polar surface area (TPSA) is 73.9 Å². The smallest absolute Gasteiger partial charge is 0.217 e. The zero-order chi connectivity index (χ0) is 22.0. The van der Waals surface area contributed by atoms with Crippen LogP contribution in [0.25, 0.3) is 11.1 Å². The average Bonchev–Trinajstić information content (AvgIpc) is 2.96. The molecule has 3 rings (SSSR count). The number of hydrogen-bond donors (Lipinski definition) is 1. The van der Waals surface area contributed by atoms with E-state index in [0.717, 1.165) is 26.7 Å². The summed E-state index contributed by atoms with van der Waals surface area (Å²) in [4.78, 5) is 25.4. The Balaban J connectivity index is 2.47. The Labute approximate surface area is 188 Å². The van der Waals surface area contributed by atoms with Crippen molar-refractivity contribution in [3.8, 4) is 28.4 Å². The fraction of sp³-hybridized carbons (Fsp3) is 0.364. The van der Waals surface area contributed by atoms with Crippen LogP contribution in [-0.2, 0) is 11.2 Å². The fourth-order valence-corrected chi connectivity index (χ4v) is 5.14. The van der Waals surface area contributed by atoms with Gasteiger partial charge in [-0.2, -0.15) is 0 Å². The van der Waals surface area contributed by atoms with Crippen molar-refractivity contribution in [1.82, 2.24) is 5.32 Å². The average molecular weight is 494 g/mol. The van der Waals surface area contributed by atoms with Gasteiger partial charge >= 0.3 is 0 Å². The van der Waals surface area contributed by atoms with E-state index in [4.69, 9.17) is 14.2 Å². The van der Waals surface area contributed by atoms with Crippen molar-refractivity contribution in [2.45, 2.75) is 30.7 Å². The molecule has 0 heterocycles. The molecular formula is C22H24BrNO5S. The van der Waals surface area contributed by atoms with Crippen LogP contribution in [0.1, 0.15) is 30.5 Å². The summed E-state index contributed by atoms with van der Waals surface area (Å²) in [6.07, 6.45) is 3.13. The fourth-order valence-electron chi connectivity index (χ4n) is 3.93. The third-order valence-corrected chi connectivity index (χ3v) is 6.80. The van der Waals surface area contributed by atoms with Crippen LogP contribution in [0.15, 0.2) is 32.4 Å². The Morgan fingerprint density at radius 3 is 2.37 bits per heavy atom. The Morgan fingerprint density at radius 2 is 1.80 bits per heavy atom. The van der Waals surface area contributed by atoms with Gasteiger partial charge in [-0.15, -0.1) is 11.8 Å². The molecule has 0 saturated carbocycles. The lowest BCUT2D eigenvalue weighted by molar-refractivity contribution is -0.119. The van der Waals surface area contributed by atoms with Gasteiger partial charge in [0.15, 0.2) is 16.9 Å². The van der Waals surface area contributed by atoms with Crippen LogP contribution in [0.2, 0.25) is 0 Å². The normalized spacial score (nSPS) is 14.8. The molecule has 0 bridgehead atoms. The number of carbonyl (C=O) groups excluding carboxylic acids is 1. The highest BCUT2D eigenvalue weighted by molar-refractivity contribution is 9.10. The number of benzene rings is 1. The van der Waals surface area contributed by atoms with Gasteiger partial charge < -0.3 is 19.5 Å². The lowest BCUT2D eigenvalue weighted by Gasteiger charge is -2.21. The van der Waals surface area contributed by atoms with Crippen molar-refractivity contribution in [3.63, 3.8) is 0 Å². The van der Waals surface area contributed by atoms with E-state index in [0.29, 0.717) is 35.0 Å². The molecule has 0 unspecified atom stereocenters. The van der Waals surface area contributed by atoms with Gasteiger partial charge in [0.25, 0.3) is 0 Å². The summed E-state index contributed by atoms with van der Waals surface area (Å²) in [5.41, 5.74) is 3.29. The molecule has 2 aromatic carbocycles. The van der Waals surface area contributed by atoms with E-state index in [2.05, 4.69) is 21.2 Å².